The van der Waals surface area contributed by atoms with E-state index in [-0.39, 0.29) is 41.2 Å². The highest BCUT2D eigenvalue weighted by atomic mass is 127. The first-order chi connectivity index (χ1) is 12.5. The average molecular weight is 492 g/mol. The number of guanidine groups is 1. The Bertz CT molecular complexity index is 568. The largest absolute Gasteiger partial charge is 0.507 e. The number of nitrogens with zero attached hydrogens (tertiary/aromatic N) is 1. The number of aromatic hydroxyl groups is 1. The van der Waals surface area contributed by atoms with E-state index in [1.807, 2.05) is 6.92 Å². The summed E-state index contributed by atoms with van der Waals surface area (Å²) in [5.41, 5.74) is 0.273. The molecule has 0 heterocycles. The summed E-state index contributed by atoms with van der Waals surface area (Å²) < 4.78 is 5.54. The Morgan fingerprint density at radius 3 is 2.56 bits per heavy atom. The Labute approximate surface area is 179 Å². The number of nitrogens with one attached hydrogen (secondary N) is 3. The summed E-state index contributed by atoms with van der Waals surface area (Å²) in [5.74, 6) is 0.945. The van der Waals surface area contributed by atoms with Gasteiger partial charge in [-0.15, -0.1) is 24.0 Å². The first-order valence-electron chi connectivity index (χ1n) is 9.20. The number of hydrogen-bond acceptors (Lipinski definition) is 4. The molecule has 0 radical (unpaired) electrons. The topological polar surface area (TPSA) is 95.0 Å². The number of phenolic OH excluding ortho intramolecular Hbond substituents is 1. The summed E-state index contributed by atoms with van der Waals surface area (Å²) in [5, 5.41) is 18.8. The number of halogens is 1. The average Bonchev–Trinajstić information content (AvgIpc) is 2.61. The normalized spacial score (nSPS) is 11.0. The van der Waals surface area contributed by atoms with Crippen LogP contribution in [0.5, 0.6) is 5.75 Å². The minimum atomic E-state index is -0.297. The molecule has 1 amide bonds. The molecular formula is C19H33IN4O3. The number of carbonyl (C=O) groups is 1. The standard InChI is InChI=1S/C19H32N4O3.HI/c1-4-20-19(22-10-7-13-26-14-15(2)3)23-12-11-21-18(25)16-8-5-6-9-17(16)24;/h5-6,8-9,15,24H,4,7,10-14H2,1-3H3,(H,21,25)(H2,20,22,23);1H. The van der Waals surface area contributed by atoms with Crippen LogP contribution in [0.3, 0.4) is 0 Å². The molecule has 1 aromatic rings. The van der Waals surface area contributed by atoms with Gasteiger partial charge in [-0.1, -0.05) is 26.0 Å². The lowest BCUT2D eigenvalue weighted by molar-refractivity contribution is 0.0951. The van der Waals surface area contributed by atoms with Crippen molar-refractivity contribution in [1.82, 2.24) is 16.0 Å². The maximum absolute atomic E-state index is 12.0. The number of benzene rings is 1. The first-order valence-corrected chi connectivity index (χ1v) is 9.20. The van der Waals surface area contributed by atoms with Gasteiger partial charge in [0, 0.05) is 39.4 Å². The third-order valence-corrected chi connectivity index (χ3v) is 3.36. The van der Waals surface area contributed by atoms with E-state index in [1.165, 1.54) is 6.07 Å². The summed E-state index contributed by atoms with van der Waals surface area (Å²) >= 11 is 0. The maximum atomic E-state index is 12.0. The van der Waals surface area contributed by atoms with Gasteiger partial charge in [-0.2, -0.15) is 0 Å². The van der Waals surface area contributed by atoms with Gasteiger partial charge in [0.1, 0.15) is 5.75 Å². The van der Waals surface area contributed by atoms with Gasteiger partial charge in [0.05, 0.1) is 5.56 Å². The molecule has 7 nitrogen and oxygen atoms in total. The number of phenols is 1. The van der Waals surface area contributed by atoms with Gasteiger partial charge < -0.3 is 25.8 Å². The van der Waals surface area contributed by atoms with Crippen LogP contribution in [-0.4, -0.2) is 56.4 Å². The lowest BCUT2D eigenvalue weighted by Gasteiger charge is -2.12. The predicted octanol–water partition coefficient (Wildman–Crippen LogP) is 2.36. The van der Waals surface area contributed by atoms with E-state index < -0.39 is 0 Å². The second-order valence-electron chi connectivity index (χ2n) is 6.28. The molecule has 0 atom stereocenters. The number of carbonyl (C=O) groups excluding carboxylic acids is 1. The molecule has 0 bridgehead atoms. The second-order valence-corrected chi connectivity index (χ2v) is 6.28. The van der Waals surface area contributed by atoms with E-state index in [1.54, 1.807) is 18.2 Å². The van der Waals surface area contributed by atoms with Crippen molar-refractivity contribution in [2.75, 3.05) is 39.4 Å². The summed E-state index contributed by atoms with van der Waals surface area (Å²) in [4.78, 5) is 16.5. The summed E-state index contributed by atoms with van der Waals surface area (Å²) in [6.07, 6.45) is 0.868. The zero-order valence-electron chi connectivity index (χ0n) is 16.5. The summed E-state index contributed by atoms with van der Waals surface area (Å²) in [7, 11) is 0. The van der Waals surface area contributed by atoms with Gasteiger partial charge in [0.25, 0.3) is 5.91 Å². The number of para-hydroxylation sites is 1. The monoisotopic (exact) mass is 492 g/mol. The third kappa shape index (κ3) is 11.7. The number of rotatable bonds is 11. The van der Waals surface area contributed by atoms with E-state index in [4.69, 9.17) is 4.74 Å². The summed E-state index contributed by atoms with van der Waals surface area (Å²) in [6, 6.07) is 6.48. The van der Waals surface area contributed by atoms with Crippen molar-refractivity contribution in [2.24, 2.45) is 10.9 Å². The molecule has 1 rings (SSSR count). The van der Waals surface area contributed by atoms with Crippen molar-refractivity contribution in [2.45, 2.75) is 27.2 Å². The molecule has 0 aliphatic carbocycles. The van der Waals surface area contributed by atoms with Crippen molar-refractivity contribution < 1.29 is 14.6 Å². The lowest BCUT2D eigenvalue weighted by Crippen LogP contribution is -2.41. The summed E-state index contributed by atoms with van der Waals surface area (Å²) in [6.45, 7) is 10.1. The van der Waals surface area contributed by atoms with Crippen molar-refractivity contribution in [3.05, 3.63) is 29.8 Å². The van der Waals surface area contributed by atoms with E-state index in [0.29, 0.717) is 38.1 Å². The second kappa shape index (κ2) is 15.5. The van der Waals surface area contributed by atoms with Gasteiger partial charge in [0.2, 0.25) is 0 Å². The van der Waals surface area contributed by atoms with E-state index in [0.717, 1.165) is 19.6 Å². The zero-order chi connectivity index (χ0) is 19.2. The number of aliphatic imine (C=N–C) groups is 1. The Hall–Kier alpha value is -1.55. The van der Waals surface area contributed by atoms with Crippen LogP contribution in [0.15, 0.2) is 29.3 Å². The van der Waals surface area contributed by atoms with E-state index in [9.17, 15) is 9.90 Å². The quantitative estimate of drug-likeness (QED) is 0.165. The third-order valence-electron chi connectivity index (χ3n) is 3.36. The molecule has 1 aromatic carbocycles. The Balaban J connectivity index is 0.00000676. The fourth-order valence-corrected chi connectivity index (χ4v) is 2.14. The van der Waals surface area contributed by atoms with E-state index in [2.05, 4.69) is 34.8 Å². The van der Waals surface area contributed by atoms with Gasteiger partial charge in [0.15, 0.2) is 5.96 Å². The van der Waals surface area contributed by atoms with Crippen molar-refractivity contribution in [3.8, 4) is 5.75 Å². The van der Waals surface area contributed by atoms with Crippen LogP contribution in [-0.2, 0) is 4.74 Å². The smallest absolute Gasteiger partial charge is 0.255 e. The molecule has 0 aliphatic heterocycles. The highest BCUT2D eigenvalue weighted by Gasteiger charge is 2.09. The highest BCUT2D eigenvalue weighted by Crippen LogP contribution is 2.14. The van der Waals surface area contributed by atoms with Gasteiger partial charge >= 0.3 is 0 Å². The van der Waals surface area contributed by atoms with Crippen LogP contribution < -0.4 is 16.0 Å². The molecule has 4 N–H and O–H groups in total. The molecule has 8 heteroatoms. The molecule has 0 aromatic heterocycles. The molecule has 0 unspecified atom stereocenters. The maximum Gasteiger partial charge on any atom is 0.255 e. The van der Waals surface area contributed by atoms with Crippen molar-refractivity contribution in [1.29, 1.82) is 0 Å². The van der Waals surface area contributed by atoms with Crippen LogP contribution in [0.2, 0.25) is 0 Å². The molecule has 0 fully saturated rings. The zero-order valence-corrected chi connectivity index (χ0v) is 18.8. The van der Waals surface area contributed by atoms with Crippen LogP contribution in [0.1, 0.15) is 37.6 Å². The molecule has 0 aliphatic rings. The predicted molar refractivity (Wildman–Crippen MR) is 120 cm³/mol. The van der Waals surface area contributed by atoms with Crippen LogP contribution in [0.4, 0.5) is 0 Å². The molecular weight excluding hydrogens is 459 g/mol. The van der Waals surface area contributed by atoms with Crippen LogP contribution in [0.25, 0.3) is 0 Å². The molecule has 0 spiro atoms. The Morgan fingerprint density at radius 1 is 1.19 bits per heavy atom. The van der Waals surface area contributed by atoms with Crippen molar-refractivity contribution >= 4 is 35.8 Å². The van der Waals surface area contributed by atoms with Gasteiger partial charge in [-0.05, 0) is 31.4 Å². The molecule has 0 saturated heterocycles. The minimum Gasteiger partial charge on any atom is -0.507 e. The van der Waals surface area contributed by atoms with Crippen LogP contribution >= 0.6 is 24.0 Å². The number of hydrogen-bond donors (Lipinski definition) is 4. The minimum absolute atomic E-state index is 0. The number of amides is 1. The molecule has 154 valence electrons. The Morgan fingerprint density at radius 2 is 1.89 bits per heavy atom. The fourth-order valence-electron chi connectivity index (χ4n) is 2.14. The number of ether oxygens (including phenoxy) is 1. The van der Waals surface area contributed by atoms with Crippen molar-refractivity contribution in [3.63, 3.8) is 0 Å². The first kappa shape index (κ1) is 25.4. The highest BCUT2D eigenvalue weighted by molar-refractivity contribution is 14.0. The molecule has 0 saturated carbocycles. The Kier molecular flexibility index (Phi) is 14.6. The fraction of sp³-hybridized carbons (Fsp3) is 0.579. The molecule has 27 heavy (non-hydrogen) atoms. The van der Waals surface area contributed by atoms with Gasteiger partial charge in [-0.25, -0.2) is 0 Å². The SMILES string of the molecule is CCNC(=NCCCOCC(C)C)NCCNC(=O)c1ccccc1O.I. The lowest BCUT2D eigenvalue weighted by atomic mass is 10.2. The van der Waals surface area contributed by atoms with Crippen LogP contribution in [0, 0.1) is 5.92 Å². The van der Waals surface area contributed by atoms with E-state index >= 15 is 0 Å². The van der Waals surface area contributed by atoms with Gasteiger partial charge in [-0.3, -0.25) is 9.79 Å².